The second-order valence-electron chi connectivity index (χ2n) is 10.8. The highest BCUT2D eigenvalue weighted by Crippen LogP contribution is 2.41. The predicted octanol–water partition coefficient (Wildman–Crippen LogP) is 2.20. The zero-order valence-electron chi connectivity index (χ0n) is 22.8. The van der Waals surface area contributed by atoms with Crippen LogP contribution in [0.1, 0.15) is 25.0 Å². The van der Waals surface area contributed by atoms with Crippen molar-refractivity contribution in [1.82, 2.24) is 24.3 Å². The molecular formula is C30H34N6O4. The summed E-state index contributed by atoms with van der Waals surface area (Å²) in [6.45, 7) is 6.04. The maximum atomic E-state index is 11.9. The van der Waals surface area contributed by atoms with Crippen LogP contribution in [0.5, 0.6) is 11.5 Å². The van der Waals surface area contributed by atoms with E-state index in [-0.39, 0.29) is 24.0 Å². The van der Waals surface area contributed by atoms with Crippen molar-refractivity contribution < 1.29 is 19.4 Å². The Morgan fingerprint density at radius 2 is 2.00 bits per heavy atom. The maximum Gasteiger partial charge on any atom is 0.246 e. The van der Waals surface area contributed by atoms with Gasteiger partial charge in [0.25, 0.3) is 0 Å². The number of amides is 1. The van der Waals surface area contributed by atoms with Gasteiger partial charge < -0.3 is 29.8 Å². The molecule has 2 saturated heterocycles. The summed E-state index contributed by atoms with van der Waals surface area (Å²) < 4.78 is 13.7. The quantitative estimate of drug-likeness (QED) is 0.360. The van der Waals surface area contributed by atoms with Crippen LogP contribution in [0, 0.1) is 17.8 Å². The number of carbonyl (C=O) groups is 1. The van der Waals surface area contributed by atoms with Crippen molar-refractivity contribution in [1.29, 1.82) is 0 Å². The van der Waals surface area contributed by atoms with E-state index in [0.29, 0.717) is 30.3 Å². The molecule has 2 aliphatic heterocycles. The third kappa shape index (κ3) is 4.76. The maximum absolute atomic E-state index is 11.9. The van der Waals surface area contributed by atoms with Gasteiger partial charge in [-0.25, -0.2) is 9.97 Å². The lowest BCUT2D eigenvalue weighted by molar-refractivity contribution is -0.132. The molecule has 10 heteroatoms. The molecule has 0 spiro atoms. The van der Waals surface area contributed by atoms with Crippen molar-refractivity contribution in [3.05, 3.63) is 42.9 Å². The Hall–Kier alpha value is -4.07. The third-order valence-corrected chi connectivity index (χ3v) is 8.07. The molecule has 3 aromatic rings. The lowest BCUT2D eigenvalue weighted by atomic mass is 9.91. The van der Waals surface area contributed by atoms with Crippen LogP contribution in [-0.4, -0.2) is 86.9 Å². The molecular weight excluding hydrogens is 508 g/mol. The topological polar surface area (TPSA) is 119 Å². The number of benzene rings is 1. The van der Waals surface area contributed by atoms with Crippen LogP contribution in [0.25, 0.3) is 22.2 Å². The molecule has 208 valence electrons. The molecule has 3 aliphatic rings. The van der Waals surface area contributed by atoms with Gasteiger partial charge in [0.05, 0.1) is 24.7 Å². The molecule has 0 bridgehead atoms. The molecule has 1 saturated carbocycles. The molecule has 0 radical (unpaired) electrons. The summed E-state index contributed by atoms with van der Waals surface area (Å²) in [6, 6.07) is 5.92. The minimum Gasteiger partial charge on any atom is -0.493 e. The number of aliphatic hydroxyl groups excluding tert-OH is 1. The van der Waals surface area contributed by atoms with Crippen LogP contribution in [0.3, 0.4) is 0 Å². The van der Waals surface area contributed by atoms with Crippen LogP contribution in [-0.2, 0) is 11.8 Å². The number of aromatic nitrogens is 3. The number of nitrogens with zero attached hydrogens (tertiary/aromatic N) is 5. The average molecular weight is 543 g/mol. The first-order valence-electron chi connectivity index (χ1n) is 13.7. The Labute approximate surface area is 233 Å². The van der Waals surface area contributed by atoms with E-state index < -0.39 is 6.10 Å². The molecule has 4 heterocycles. The van der Waals surface area contributed by atoms with Crippen LogP contribution >= 0.6 is 0 Å². The molecule has 40 heavy (non-hydrogen) atoms. The van der Waals surface area contributed by atoms with Crippen LogP contribution in [0.4, 0.5) is 5.82 Å². The number of anilines is 1. The zero-order valence-corrected chi connectivity index (χ0v) is 22.8. The highest BCUT2D eigenvalue weighted by molar-refractivity contribution is 6.03. The lowest BCUT2D eigenvalue weighted by Gasteiger charge is -2.47. The Morgan fingerprint density at radius 1 is 1.20 bits per heavy atom. The van der Waals surface area contributed by atoms with Crippen molar-refractivity contribution in [2.24, 2.45) is 13.0 Å². The SMILES string of the molecule is C=CC(=O)N1CC[C@@H](N2CC(C#Cc3c(-c4ccc(OC5CC5)c(OC)c4)c4c(N)ncnc4n3C)C2)[C@@H](O)C1. The van der Waals surface area contributed by atoms with Gasteiger partial charge in [-0.3, -0.25) is 9.69 Å². The summed E-state index contributed by atoms with van der Waals surface area (Å²) in [5.74, 6) is 8.67. The molecule has 3 fully saturated rings. The summed E-state index contributed by atoms with van der Waals surface area (Å²) in [5.41, 5.74) is 9.64. The van der Waals surface area contributed by atoms with E-state index in [4.69, 9.17) is 15.2 Å². The van der Waals surface area contributed by atoms with Crippen LogP contribution < -0.4 is 15.2 Å². The fraction of sp³-hybridized carbons (Fsp3) is 0.433. The Morgan fingerprint density at radius 3 is 2.70 bits per heavy atom. The van der Waals surface area contributed by atoms with Crippen LogP contribution in [0.2, 0.25) is 0 Å². The summed E-state index contributed by atoms with van der Waals surface area (Å²) in [5, 5.41) is 11.4. The molecule has 1 aliphatic carbocycles. The minimum atomic E-state index is -0.584. The molecule has 0 unspecified atom stereocenters. The number of nitrogens with two attached hydrogens (primary N) is 1. The number of likely N-dealkylation sites (tertiary alicyclic amines) is 2. The first-order chi connectivity index (χ1) is 19.4. The first-order valence-corrected chi connectivity index (χ1v) is 13.7. The highest BCUT2D eigenvalue weighted by atomic mass is 16.5. The molecule has 3 N–H and O–H groups in total. The normalized spacial score (nSPS) is 21.4. The van der Waals surface area contributed by atoms with E-state index in [9.17, 15) is 9.90 Å². The summed E-state index contributed by atoms with van der Waals surface area (Å²) in [7, 11) is 3.58. The van der Waals surface area contributed by atoms with Crippen molar-refractivity contribution in [2.45, 2.75) is 37.5 Å². The Bertz CT molecular complexity index is 1530. The van der Waals surface area contributed by atoms with E-state index in [1.807, 2.05) is 29.8 Å². The standard InChI is InChI=1S/C30H34N6O4/c1-4-26(38)35-12-11-21(23(37)16-35)36-14-18(15-36)5-9-22-27(28-29(31)32-17-33-30(28)34(22)2)19-6-10-24(25(13-19)39-3)40-20-7-8-20/h4,6,10,13,17-18,20-21,23,37H,1,7-8,11-12,14-16H2,2-3H3,(H2,31,32,33)/t21-,23+/m1/s1. The second kappa shape index (κ2) is 10.5. The number of nitrogen functional groups attached to an aromatic ring is 1. The molecule has 1 amide bonds. The van der Waals surface area contributed by atoms with Crippen LogP contribution in [0.15, 0.2) is 37.2 Å². The second-order valence-corrected chi connectivity index (χ2v) is 10.8. The van der Waals surface area contributed by atoms with Gasteiger partial charge in [0.2, 0.25) is 5.91 Å². The van der Waals surface area contributed by atoms with Crippen molar-refractivity contribution in [3.63, 3.8) is 0 Å². The van der Waals surface area contributed by atoms with E-state index >= 15 is 0 Å². The number of aryl methyl sites for hydroxylation is 1. The van der Waals surface area contributed by atoms with Gasteiger partial charge in [-0.05, 0) is 49.0 Å². The van der Waals surface area contributed by atoms with Gasteiger partial charge in [0, 0.05) is 50.7 Å². The van der Waals surface area contributed by atoms with Gasteiger partial charge in [0.15, 0.2) is 11.5 Å². The molecule has 2 atom stereocenters. The molecule has 2 aromatic heterocycles. The monoisotopic (exact) mass is 542 g/mol. The number of piperidine rings is 1. The molecule has 6 rings (SSSR count). The summed E-state index contributed by atoms with van der Waals surface area (Å²) in [4.78, 5) is 24.6. The lowest BCUT2D eigenvalue weighted by Crippen LogP contribution is -2.61. The number of hydrogen-bond donors (Lipinski definition) is 2. The van der Waals surface area contributed by atoms with E-state index in [2.05, 4.69) is 33.3 Å². The zero-order chi connectivity index (χ0) is 28.0. The third-order valence-electron chi connectivity index (χ3n) is 8.07. The molecule has 1 aromatic carbocycles. The van der Waals surface area contributed by atoms with Crippen molar-refractivity contribution in [2.75, 3.05) is 39.0 Å². The first kappa shape index (κ1) is 26.2. The minimum absolute atomic E-state index is 0.0269. The number of carbonyl (C=O) groups excluding carboxylic acids is 1. The van der Waals surface area contributed by atoms with Gasteiger partial charge in [-0.15, -0.1) is 0 Å². The van der Waals surface area contributed by atoms with E-state index in [1.165, 1.54) is 12.4 Å². The van der Waals surface area contributed by atoms with Gasteiger partial charge in [-0.2, -0.15) is 0 Å². The number of methoxy groups -OCH3 is 1. The summed E-state index contributed by atoms with van der Waals surface area (Å²) in [6.07, 6.45) is 5.30. The number of aliphatic hydroxyl groups is 1. The fourth-order valence-corrected chi connectivity index (χ4v) is 5.71. The average Bonchev–Trinajstić information content (AvgIpc) is 3.71. The van der Waals surface area contributed by atoms with Gasteiger partial charge in [-0.1, -0.05) is 18.6 Å². The highest BCUT2D eigenvalue weighted by Gasteiger charge is 2.39. The number of ether oxygens (including phenoxy) is 2. The van der Waals surface area contributed by atoms with Crippen molar-refractivity contribution in [3.8, 4) is 34.5 Å². The molecule has 10 nitrogen and oxygen atoms in total. The predicted molar refractivity (Wildman–Crippen MR) is 152 cm³/mol. The number of fused-ring (bicyclic) bond motifs is 1. The summed E-state index contributed by atoms with van der Waals surface area (Å²) >= 11 is 0. The largest absolute Gasteiger partial charge is 0.493 e. The smallest absolute Gasteiger partial charge is 0.246 e. The van der Waals surface area contributed by atoms with Gasteiger partial charge in [0.1, 0.15) is 23.5 Å². The number of β-amino-alcohol motifs (C(OH)–C–C–N with tert-alkyl or cyclic N) is 1. The Kier molecular flexibility index (Phi) is 6.86. The van der Waals surface area contributed by atoms with Gasteiger partial charge >= 0.3 is 0 Å². The number of hydrogen-bond acceptors (Lipinski definition) is 8. The van der Waals surface area contributed by atoms with E-state index in [0.717, 1.165) is 60.3 Å². The van der Waals surface area contributed by atoms with Crippen molar-refractivity contribution >= 4 is 22.8 Å². The number of rotatable bonds is 6. The Balaban J connectivity index is 1.26. The fourth-order valence-electron chi connectivity index (χ4n) is 5.71. The van der Waals surface area contributed by atoms with E-state index in [1.54, 1.807) is 12.0 Å².